The summed E-state index contributed by atoms with van der Waals surface area (Å²) in [5.41, 5.74) is 1.54. The maximum absolute atomic E-state index is 13.7. The van der Waals surface area contributed by atoms with E-state index in [0.29, 0.717) is 18.1 Å². The predicted molar refractivity (Wildman–Crippen MR) is 84.1 cm³/mol. The number of hydrogen-bond acceptors (Lipinski definition) is 4. The van der Waals surface area contributed by atoms with E-state index in [0.717, 1.165) is 24.5 Å². The van der Waals surface area contributed by atoms with Crippen LogP contribution < -0.4 is 10.2 Å². The molecule has 0 aliphatic carbocycles. The van der Waals surface area contributed by atoms with Crippen LogP contribution in [0.1, 0.15) is 24.6 Å². The minimum atomic E-state index is -0.195. The average molecular weight is 288 g/mol. The fourth-order valence-electron chi connectivity index (χ4n) is 2.03. The molecule has 1 aromatic heterocycles. The quantitative estimate of drug-likeness (QED) is 0.884. The highest BCUT2D eigenvalue weighted by molar-refractivity contribution is 5.44. The van der Waals surface area contributed by atoms with E-state index in [2.05, 4.69) is 22.2 Å². The first-order valence-electron chi connectivity index (χ1n) is 7.14. The Morgan fingerprint density at radius 1 is 1.24 bits per heavy atom. The molecule has 0 aliphatic rings. The Morgan fingerprint density at radius 2 is 2.00 bits per heavy atom. The number of nitrogens with one attached hydrogen (secondary N) is 1. The molecule has 0 atom stereocenters. The second-order valence-corrected chi connectivity index (χ2v) is 5.07. The first-order valence-corrected chi connectivity index (χ1v) is 7.14. The van der Waals surface area contributed by atoms with E-state index in [1.807, 2.05) is 31.0 Å². The minimum Gasteiger partial charge on any atom is -0.355 e. The summed E-state index contributed by atoms with van der Waals surface area (Å²) in [6.45, 7) is 5.32. The van der Waals surface area contributed by atoms with Gasteiger partial charge >= 0.3 is 0 Å². The van der Waals surface area contributed by atoms with Gasteiger partial charge in [-0.3, -0.25) is 0 Å². The van der Waals surface area contributed by atoms with E-state index in [9.17, 15) is 4.39 Å². The summed E-state index contributed by atoms with van der Waals surface area (Å²) in [4.78, 5) is 10.8. The molecule has 0 spiro atoms. The van der Waals surface area contributed by atoms with Crippen LogP contribution in [0.2, 0.25) is 0 Å². The van der Waals surface area contributed by atoms with Gasteiger partial charge in [0.25, 0.3) is 0 Å². The standard InChI is InChI=1S/C16H21FN4/c1-4-9-18-16-19-12(2)10-15(20-16)21(3)11-13-7-5-6-8-14(13)17/h5-8,10H,4,9,11H2,1-3H3,(H,18,19,20). The Morgan fingerprint density at radius 3 is 2.71 bits per heavy atom. The van der Waals surface area contributed by atoms with Crippen molar-refractivity contribution < 1.29 is 4.39 Å². The van der Waals surface area contributed by atoms with Gasteiger partial charge in [0.1, 0.15) is 11.6 Å². The number of nitrogens with zero attached hydrogens (tertiary/aromatic N) is 3. The van der Waals surface area contributed by atoms with Crippen LogP contribution in [0, 0.1) is 12.7 Å². The Hall–Kier alpha value is -2.17. The van der Waals surface area contributed by atoms with Crippen molar-refractivity contribution in [1.29, 1.82) is 0 Å². The van der Waals surface area contributed by atoms with Crippen LogP contribution in [0.4, 0.5) is 16.2 Å². The summed E-state index contributed by atoms with van der Waals surface area (Å²) in [6, 6.07) is 8.70. The lowest BCUT2D eigenvalue weighted by Crippen LogP contribution is -2.19. The fraction of sp³-hybridized carbons (Fsp3) is 0.375. The first kappa shape index (κ1) is 15.2. The lowest BCUT2D eigenvalue weighted by Gasteiger charge is -2.19. The number of aromatic nitrogens is 2. The zero-order valence-corrected chi connectivity index (χ0v) is 12.7. The molecule has 0 unspecified atom stereocenters. The SMILES string of the molecule is CCCNc1nc(C)cc(N(C)Cc2ccccc2F)n1. The maximum Gasteiger partial charge on any atom is 0.224 e. The van der Waals surface area contributed by atoms with Crippen LogP contribution in [-0.2, 0) is 6.54 Å². The molecule has 21 heavy (non-hydrogen) atoms. The first-order chi connectivity index (χ1) is 10.1. The Kier molecular flexibility index (Phi) is 5.09. The van der Waals surface area contributed by atoms with Gasteiger partial charge in [0, 0.05) is 37.5 Å². The van der Waals surface area contributed by atoms with Crippen molar-refractivity contribution >= 4 is 11.8 Å². The molecule has 2 aromatic rings. The lowest BCUT2D eigenvalue weighted by molar-refractivity contribution is 0.607. The zero-order valence-electron chi connectivity index (χ0n) is 12.7. The van der Waals surface area contributed by atoms with Gasteiger partial charge in [0.15, 0.2) is 0 Å². The van der Waals surface area contributed by atoms with Crippen LogP contribution in [-0.4, -0.2) is 23.6 Å². The molecular formula is C16H21FN4. The summed E-state index contributed by atoms with van der Waals surface area (Å²) in [7, 11) is 1.90. The number of aryl methyl sites for hydroxylation is 1. The fourth-order valence-corrected chi connectivity index (χ4v) is 2.03. The molecule has 112 valence electrons. The molecule has 1 heterocycles. The topological polar surface area (TPSA) is 41.1 Å². The van der Waals surface area contributed by atoms with Gasteiger partial charge in [-0.1, -0.05) is 25.1 Å². The summed E-state index contributed by atoms with van der Waals surface area (Å²) in [5.74, 6) is 1.20. The van der Waals surface area contributed by atoms with E-state index in [4.69, 9.17) is 0 Å². The van der Waals surface area contributed by atoms with Crippen molar-refractivity contribution in [3.8, 4) is 0 Å². The van der Waals surface area contributed by atoms with Crippen LogP contribution in [0.5, 0.6) is 0 Å². The lowest BCUT2D eigenvalue weighted by atomic mass is 10.2. The van der Waals surface area contributed by atoms with Crippen molar-refractivity contribution in [1.82, 2.24) is 9.97 Å². The molecule has 0 amide bonds. The Balaban J connectivity index is 2.16. The second-order valence-electron chi connectivity index (χ2n) is 5.07. The summed E-state index contributed by atoms with van der Waals surface area (Å²) < 4.78 is 13.7. The van der Waals surface area contributed by atoms with Gasteiger partial charge in [-0.15, -0.1) is 0 Å². The van der Waals surface area contributed by atoms with Crippen LogP contribution in [0.15, 0.2) is 30.3 Å². The van der Waals surface area contributed by atoms with Crippen molar-refractivity contribution in [2.24, 2.45) is 0 Å². The van der Waals surface area contributed by atoms with E-state index < -0.39 is 0 Å². The van der Waals surface area contributed by atoms with E-state index in [-0.39, 0.29) is 5.82 Å². The third-order valence-electron chi connectivity index (χ3n) is 3.13. The third kappa shape index (κ3) is 4.15. The molecule has 0 saturated heterocycles. The molecule has 0 aliphatic heterocycles. The molecule has 1 N–H and O–H groups in total. The second kappa shape index (κ2) is 7.02. The predicted octanol–water partition coefficient (Wildman–Crippen LogP) is 3.38. The van der Waals surface area contributed by atoms with Crippen LogP contribution >= 0.6 is 0 Å². The highest BCUT2D eigenvalue weighted by Crippen LogP contribution is 2.17. The number of anilines is 2. The normalized spacial score (nSPS) is 10.5. The molecule has 1 aromatic carbocycles. The van der Waals surface area contributed by atoms with E-state index in [1.54, 1.807) is 12.1 Å². The Bertz CT molecular complexity index is 601. The van der Waals surface area contributed by atoms with Gasteiger partial charge < -0.3 is 10.2 Å². The molecule has 0 fully saturated rings. The van der Waals surface area contributed by atoms with Crippen molar-refractivity contribution in [3.05, 3.63) is 47.4 Å². The summed E-state index contributed by atoms with van der Waals surface area (Å²) in [5, 5.41) is 3.18. The number of halogens is 1. The highest BCUT2D eigenvalue weighted by atomic mass is 19.1. The molecule has 0 bridgehead atoms. The van der Waals surface area contributed by atoms with Crippen molar-refractivity contribution in [2.75, 3.05) is 23.8 Å². The summed E-state index contributed by atoms with van der Waals surface area (Å²) in [6.07, 6.45) is 1.01. The number of benzene rings is 1. The smallest absolute Gasteiger partial charge is 0.224 e. The van der Waals surface area contributed by atoms with Crippen molar-refractivity contribution in [2.45, 2.75) is 26.8 Å². The molecule has 0 radical (unpaired) electrons. The van der Waals surface area contributed by atoms with Gasteiger partial charge in [-0.25, -0.2) is 9.37 Å². The number of hydrogen-bond donors (Lipinski definition) is 1. The molecule has 0 saturated carbocycles. The average Bonchev–Trinajstić information content (AvgIpc) is 2.47. The Labute approximate surface area is 125 Å². The van der Waals surface area contributed by atoms with E-state index >= 15 is 0 Å². The molecular weight excluding hydrogens is 267 g/mol. The van der Waals surface area contributed by atoms with Gasteiger partial charge in [0.2, 0.25) is 5.95 Å². The van der Waals surface area contributed by atoms with Gasteiger partial charge in [0.05, 0.1) is 0 Å². The summed E-state index contributed by atoms with van der Waals surface area (Å²) >= 11 is 0. The number of rotatable bonds is 6. The third-order valence-corrected chi connectivity index (χ3v) is 3.13. The van der Waals surface area contributed by atoms with Gasteiger partial charge in [-0.2, -0.15) is 4.98 Å². The zero-order chi connectivity index (χ0) is 15.2. The largest absolute Gasteiger partial charge is 0.355 e. The molecule has 2 rings (SSSR count). The minimum absolute atomic E-state index is 0.195. The monoisotopic (exact) mass is 288 g/mol. The van der Waals surface area contributed by atoms with Gasteiger partial charge in [-0.05, 0) is 19.4 Å². The highest BCUT2D eigenvalue weighted by Gasteiger charge is 2.09. The molecule has 4 nitrogen and oxygen atoms in total. The van der Waals surface area contributed by atoms with Crippen LogP contribution in [0.3, 0.4) is 0 Å². The van der Waals surface area contributed by atoms with Crippen LogP contribution in [0.25, 0.3) is 0 Å². The van der Waals surface area contributed by atoms with Crippen molar-refractivity contribution in [3.63, 3.8) is 0 Å². The maximum atomic E-state index is 13.7. The van der Waals surface area contributed by atoms with E-state index in [1.165, 1.54) is 6.07 Å². The molecule has 5 heteroatoms.